The highest BCUT2D eigenvalue weighted by Crippen LogP contribution is 2.18. The largest absolute Gasteiger partial charge is 0.294 e. The van der Waals surface area contributed by atoms with Crippen molar-refractivity contribution in [1.29, 1.82) is 0 Å². The molecule has 0 fully saturated rings. The second-order valence-corrected chi connectivity index (χ2v) is 6.30. The summed E-state index contributed by atoms with van der Waals surface area (Å²) >= 11 is 0. The van der Waals surface area contributed by atoms with Crippen LogP contribution in [0.5, 0.6) is 0 Å². The van der Waals surface area contributed by atoms with E-state index in [1.165, 1.54) is 6.92 Å². The van der Waals surface area contributed by atoms with E-state index >= 15 is 0 Å². The lowest BCUT2D eigenvalue weighted by molar-refractivity contribution is 0.0989. The standard InChI is InChI=1S/C22H16N2O2/c1-14(25)19-9-8-16-7-6-15(10-21(16)24-19)11-22(26)18-12-17-4-2-3-5-20(17)23-13-18/h2-10,12-13H,11H2,1H3. The zero-order chi connectivity index (χ0) is 18.1. The molecule has 0 radical (unpaired) electrons. The summed E-state index contributed by atoms with van der Waals surface area (Å²) in [6, 6.07) is 18.9. The van der Waals surface area contributed by atoms with Crippen molar-refractivity contribution < 1.29 is 9.59 Å². The van der Waals surface area contributed by atoms with Gasteiger partial charge in [0.25, 0.3) is 0 Å². The van der Waals surface area contributed by atoms with Gasteiger partial charge in [-0.15, -0.1) is 0 Å². The quantitative estimate of drug-likeness (QED) is 0.516. The van der Waals surface area contributed by atoms with Crippen LogP contribution in [0.15, 0.2) is 66.9 Å². The SMILES string of the molecule is CC(=O)c1ccc2ccc(CC(=O)c3cnc4ccccc4c3)cc2n1. The van der Waals surface area contributed by atoms with E-state index < -0.39 is 0 Å². The minimum atomic E-state index is -0.0735. The number of nitrogens with zero attached hydrogens (tertiary/aromatic N) is 2. The minimum absolute atomic E-state index is 0.00493. The molecule has 0 spiro atoms. The molecule has 2 aromatic carbocycles. The Labute approximate surface area is 150 Å². The first-order chi connectivity index (χ1) is 12.6. The number of hydrogen-bond acceptors (Lipinski definition) is 4. The molecule has 0 saturated heterocycles. The summed E-state index contributed by atoms with van der Waals surface area (Å²) in [6.45, 7) is 1.49. The molecule has 26 heavy (non-hydrogen) atoms. The fraction of sp³-hybridized carbons (Fsp3) is 0.0909. The number of carbonyl (C=O) groups is 2. The van der Waals surface area contributed by atoms with Gasteiger partial charge in [-0.2, -0.15) is 0 Å². The van der Waals surface area contributed by atoms with Gasteiger partial charge in [0.1, 0.15) is 5.69 Å². The number of fused-ring (bicyclic) bond motifs is 2. The summed E-state index contributed by atoms with van der Waals surface area (Å²) in [4.78, 5) is 32.9. The molecule has 0 unspecified atom stereocenters. The molecule has 0 aliphatic carbocycles. The van der Waals surface area contributed by atoms with Crippen molar-refractivity contribution in [2.75, 3.05) is 0 Å². The average molecular weight is 340 g/mol. The van der Waals surface area contributed by atoms with Crippen LogP contribution >= 0.6 is 0 Å². The van der Waals surface area contributed by atoms with Crippen LogP contribution in [0.1, 0.15) is 33.3 Å². The van der Waals surface area contributed by atoms with E-state index in [2.05, 4.69) is 9.97 Å². The van der Waals surface area contributed by atoms with Gasteiger partial charge >= 0.3 is 0 Å². The molecule has 4 rings (SSSR count). The summed E-state index contributed by atoms with van der Waals surface area (Å²) < 4.78 is 0. The van der Waals surface area contributed by atoms with Crippen LogP contribution in [0.2, 0.25) is 0 Å². The highest BCUT2D eigenvalue weighted by atomic mass is 16.1. The van der Waals surface area contributed by atoms with Crippen molar-refractivity contribution in [3.05, 3.63) is 83.7 Å². The lowest BCUT2D eigenvalue weighted by atomic mass is 10.0. The predicted molar refractivity (Wildman–Crippen MR) is 102 cm³/mol. The first-order valence-corrected chi connectivity index (χ1v) is 8.39. The summed E-state index contributed by atoms with van der Waals surface area (Å²) in [7, 11) is 0. The van der Waals surface area contributed by atoms with E-state index in [1.807, 2.05) is 54.6 Å². The normalized spacial score (nSPS) is 11.0. The molecule has 0 bridgehead atoms. The Morgan fingerprint density at radius 1 is 0.885 bits per heavy atom. The Kier molecular flexibility index (Phi) is 4.01. The topological polar surface area (TPSA) is 59.9 Å². The number of carbonyl (C=O) groups excluding carboxylic acids is 2. The number of ketones is 2. The molecule has 0 aliphatic heterocycles. The van der Waals surface area contributed by atoms with Crippen molar-refractivity contribution in [3.63, 3.8) is 0 Å². The van der Waals surface area contributed by atoms with Gasteiger partial charge in [0.05, 0.1) is 11.0 Å². The second-order valence-electron chi connectivity index (χ2n) is 6.30. The van der Waals surface area contributed by atoms with Gasteiger partial charge in [0.15, 0.2) is 11.6 Å². The number of rotatable bonds is 4. The number of Topliss-reactive ketones (excluding diaryl/α,β-unsaturated/α-hetero) is 2. The van der Waals surface area contributed by atoms with Crippen LogP contribution in [0.3, 0.4) is 0 Å². The molecule has 2 aromatic heterocycles. The molecule has 4 heteroatoms. The Bertz CT molecular complexity index is 1170. The molecule has 0 aliphatic rings. The molecule has 0 N–H and O–H groups in total. The lowest BCUT2D eigenvalue weighted by Gasteiger charge is -2.05. The third-order valence-electron chi connectivity index (χ3n) is 4.39. The predicted octanol–water partition coefficient (Wildman–Crippen LogP) is 4.41. The van der Waals surface area contributed by atoms with Gasteiger partial charge in [-0.25, -0.2) is 4.98 Å². The maximum atomic E-state index is 12.7. The minimum Gasteiger partial charge on any atom is -0.294 e. The smallest absolute Gasteiger partial charge is 0.178 e. The van der Waals surface area contributed by atoms with Gasteiger partial charge in [0.2, 0.25) is 0 Å². The highest BCUT2D eigenvalue weighted by molar-refractivity contribution is 6.00. The molecule has 4 nitrogen and oxygen atoms in total. The van der Waals surface area contributed by atoms with Crippen LogP contribution < -0.4 is 0 Å². The maximum absolute atomic E-state index is 12.7. The van der Waals surface area contributed by atoms with Crippen molar-refractivity contribution in [3.8, 4) is 0 Å². The second kappa shape index (κ2) is 6.48. The number of aromatic nitrogens is 2. The number of hydrogen-bond donors (Lipinski definition) is 0. The monoisotopic (exact) mass is 340 g/mol. The van der Waals surface area contributed by atoms with E-state index in [9.17, 15) is 9.59 Å². The Morgan fingerprint density at radius 3 is 2.54 bits per heavy atom. The van der Waals surface area contributed by atoms with Crippen LogP contribution in [-0.2, 0) is 6.42 Å². The maximum Gasteiger partial charge on any atom is 0.178 e. The zero-order valence-electron chi connectivity index (χ0n) is 14.3. The van der Waals surface area contributed by atoms with E-state index in [-0.39, 0.29) is 18.0 Å². The van der Waals surface area contributed by atoms with Gasteiger partial charge in [-0.05, 0) is 29.8 Å². The molecular formula is C22H16N2O2. The van der Waals surface area contributed by atoms with Crippen LogP contribution in [0.25, 0.3) is 21.8 Å². The Hall–Kier alpha value is -3.40. The van der Waals surface area contributed by atoms with E-state index in [0.29, 0.717) is 11.3 Å². The zero-order valence-corrected chi connectivity index (χ0v) is 14.3. The number of benzene rings is 2. The van der Waals surface area contributed by atoms with Gasteiger partial charge < -0.3 is 0 Å². The van der Waals surface area contributed by atoms with E-state index in [1.54, 1.807) is 12.3 Å². The van der Waals surface area contributed by atoms with Crippen molar-refractivity contribution >= 4 is 33.4 Å². The van der Waals surface area contributed by atoms with Crippen LogP contribution in [-0.4, -0.2) is 21.5 Å². The summed E-state index contributed by atoms with van der Waals surface area (Å²) in [5, 5.41) is 1.89. The van der Waals surface area contributed by atoms with E-state index in [4.69, 9.17) is 0 Å². The molecule has 2 heterocycles. The lowest BCUT2D eigenvalue weighted by Crippen LogP contribution is -2.04. The fourth-order valence-corrected chi connectivity index (χ4v) is 2.98. The molecular weight excluding hydrogens is 324 g/mol. The molecule has 126 valence electrons. The van der Waals surface area contributed by atoms with Crippen LogP contribution in [0, 0.1) is 0 Å². The first kappa shape index (κ1) is 16.1. The summed E-state index contributed by atoms with van der Waals surface area (Å²) in [5.41, 5.74) is 3.48. The number of pyridine rings is 2. The van der Waals surface area contributed by atoms with Crippen molar-refractivity contribution in [2.24, 2.45) is 0 Å². The first-order valence-electron chi connectivity index (χ1n) is 8.39. The third kappa shape index (κ3) is 3.09. The Morgan fingerprint density at radius 2 is 1.69 bits per heavy atom. The summed E-state index contributed by atoms with van der Waals surface area (Å²) in [6.07, 6.45) is 1.89. The molecule has 4 aromatic rings. The van der Waals surface area contributed by atoms with Crippen molar-refractivity contribution in [2.45, 2.75) is 13.3 Å². The van der Waals surface area contributed by atoms with Crippen molar-refractivity contribution in [1.82, 2.24) is 9.97 Å². The third-order valence-corrected chi connectivity index (χ3v) is 4.39. The molecule has 0 atom stereocenters. The molecule has 0 saturated carbocycles. The van der Waals surface area contributed by atoms with Gasteiger partial charge in [-0.3, -0.25) is 14.6 Å². The fourth-order valence-electron chi connectivity index (χ4n) is 2.98. The highest BCUT2D eigenvalue weighted by Gasteiger charge is 2.10. The van der Waals surface area contributed by atoms with Crippen LogP contribution in [0.4, 0.5) is 0 Å². The van der Waals surface area contributed by atoms with Gasteiger partial charge in [0, 0.05) is 35.9 Å². The molecule has 0 amide bonds. The average Bonchev–Trinajstić information content (AvgIpc) is 2.67. The van der Waals surface area contributed by atoms with E-state index in [0.717, 1.165) is 27.4 Å². The summed E-state index contributed by atoms with van der Waals surface area (Å²) in [5.74, 6) is -0.0686. The number of para-hydroxylation sites is 1. The van der Waals surface area contributed by atoms with Gasteiger partial charge in [-0.1, -0.05) is 36.4 Å². The Balaban J connectivity index is 1.64.